The molecule has 4 rings (SSSR count). The third-order valence-corrected chi connectivity index (χ3v) is 8.00. The predicted molar refractivity (Wildman–Crippen MR) is 121 cm³/mol. The smallest absolute Gasteiger partial charge is 0.336 e. The SMILES string of the molecule is Cc1cc2oc(=O)cc(C[NH+]3CCN(S(=O)(=O)c4ccccc4)CC3)c2cc1C(C)C. The van der Waals surface area contributed by atoms with Crippen molar-refractivity contribution in [2.75, 3.05) is 26.2 Å². The van der Waals surface area contributed by atoms with Crippen LogP contribution in [0.25, 0.3) is 11.0 Å². The predicted octanol–water partition coefficient (Wildman–Crippen LogP) is 2.31. The van der Waals surface area contributed by atoms with Crippen LogP contribution < -0.4 is 10.5 Å². The van der Waals surface area contributed by atoms with Gasteiger partial charge in [-0.3, -0.25) is 0 Å². The van der Waals surface area contributed by atoms with Crippen molar-refractivity contribution in [3.8, 4) is 0 Å². The molecule has 0 amide bonds. The molecule has 1 aliphatic heterocycles. The second-order valence-corrected chi connectivity index (χ2v) is 10.5. The number of nitrogens with one attached hydrogen (secondary N) is 1. The van der Waals surface area contributed by atoms with Crippen LogP contribution in [0.15, 0.2) is 62.6 Å². The van der Waals surface area contributed by atoms with Gasteiger partial charge in [0.1, 0.15) is 12.1 Å². The fourth-order valence-corrected chi connectivity index (χ4v) is 5.85. The van der Waals surface area contributed by atoms with E-state index in [1.165, 1.54) is 10.5 Å². The van der Waals surface area contributed by atoms with Crippen LogP contribution in [0.1, 0.15) is 36.5 Å². The molecule has 6 nitrogen and oxygen atoms in total. The molecule has 0 bridgehead atoms. The summed E-state index contributed by atoms with van der Waals surface area (Å²) in [5.74, 6) is 0.378. The number of rotatable bonds is 5. The monoisotopic (exact) mass is 441 g/mol. The van der Waals surface area contributed by atoms with E-state index in [9.17, 15) is 13.2 Å². The Kier molecular flexibility index (Phi) is 6.01. The van der Waals surface area contributed by atoms with Crippen molar-refractivity contribution in [3.63, 3.8) is 0 Å². The molecule has 2 heterocycles. The molecule has 0 aliphatic carbocycles. The van der Waals surface area contributed by atoms with Gasteiger partial charge in [-0.05, 0) is 48.2 Å². The zero-order valence-electron chi connectivity index (χ0n) is 18.2. The number of hydrogen-bond donors (Lipinski definition) is 1. The van der Waals surface area contributed by atoms with Crippen LogP contribution in [-0.4, -0.2) is 38.9 Å². The molecular formula is C24H29N2O4S+. The van der Waals surface area contributed by atoms with Crippen molar-refractivity contribution >= 4 is 21.0 Å². The quantitative estimate of drug-likeness (QED) is 0.617. The Hall–Kier alpha value is -2.48. The lowest BCUT2D eigenvalue weighted by atomic mass is 9.95. The molecule has 3 aromatic rings. The van der Waals surface area contributed by atoms with Gasteiger partial charge in [-0.1, -0.05) is 32.0 Å². The Morgan fingerprint density at radius 1 is 1.06 bits per heavy atom. The lowest BCUT2D eigenvalue weighted by molar-refractivity contribution is -0.917. The number of aryl methyl sites for hydroxylation is 1. The summed E-state index contributed by atoms with van der Waals surface area (Å²) in [6, 6.07) is 14.3. The van der Waals surface area contributed by atoms with Gasteiger partial charge in [-0.15, -0.1) is 0 Å². The number of quaternary nitrogens is 1. The van der Waals surface area contributed by atoms with Crippen molar-refractivity contribution in [1.29, 1.82) is 0 Å². The summed E-state index contributed by atoms with van der Waals surface area (Å²) in [5.41, 5.74) is 3.60. The van der Waals surface area contributed by atoms with Crippen molar-refractivity contribution < 1.29 is 17.7 Å². The molecule has 1 aliphatic rings. The minimum Gasteiger partial charge on any atom is -0.423 e. The Bertz CT molecular complexity index is 1240. The van der Waals surface area contributed by atoms with Gasteiger partial charge in [0.15, 0.2) is 0 Å². The number of piperazine rings is 1. The van der Waals surface area contributed by atoms with E-state index >= 15 is 0 Å². The Morgan fingerprint density at radius 2 is 1.74 bits per heavy atom. The first-order valence-corrected chi connectivity index (χ1v) is 12.2. The summed E-state index contributed by atoms with van der Waals surface area (Å²) in [6.07, 6.45) is 0. The lowest BCUT2D eigenvalue weighted by Crippen LogP contribution is -3.13. The highest BCUT2D eigenvalue weighted by molar-refractivity contribution is 7.89. The van der Waals surface area contributed by atoms with Gasteiger partial charge in [0.05, 0.1) is 31.1 Å². The Labute approximate surface area is 183 Å². The molecule has 0 spiro atoms. The van der Waals surface area contributed by atoms with Gasteiger partial charge in [0.2, 0.25) is 10.0 Å². The van der Waals surface area contributed by atoms with E-state index in [4.69, 9.17) is 4.42 Å². The maximum absolute atomic E-state index is 12.9. The van der Waals surface area contributed by atoms with E-state index in [1.54, 1.807) is 34.6 Å². The molecule has 0 atom stereocenters. The van der Waals surface area contributed by atoms with E-state index in [0.29, 0.717) is 49.1 Å². The molecule has 1 N–H and O–H groups in total. The van der Waals surface area contributed by atoms with E-state index in [2.05, 4.69) is 19.9 Å². The van der Waals surface area contributed by atoms with Crippen LogP contribution in [0.5, 0.6) is 0 Å². The average Bonchev–Trinajstić information content (AvgIpc) is 2.74. The van der Waals surface area contributed by atoms with Crippen molar-refractivity contribution in [2.45, 2.75) is 38.1 Å². The second-order valence-electron chi connectivity index (χ2n) is 8.59. The Morgan fingerprint density at radius 3 is 2.39 bits per heavy atom. The van der Waals surface area contributed by atoms with Crippen LogP contribution in [-0.2, 0) is 16.6 Å². The van der Waals surface area contributed by atoms with Crippen LogP contribution in [0.3, 0.4) is 0 Å². The molecule has 2 aromatic carbocycles. The van der Waals surface area contributed by atoms with Crippen molar-refractivity contribution in [2.24, 2.45) is 0 Å². The molecule has 0 radical (unpaired) electrons. The largest absolute Gasteiger partial charge is 0.423 e. The van der Waals surface area contributed by atoms with E-state index in [-0.39, 0.29) is 5.63 Å². The first-order valence-electron chi connectivity index (χ1n) is 10.7. The van der Waals surface area contributed by atoms with E-state index in [0.717, 1.165) is 16.5 Å². The lowest BCUT2D eigenvalue weighted by Gasteiger charge is -2.31. The first kappa shape index (κ1) is 21.7. The van der Waals surface area contributed by atoms with Crippen molar-refractivity contribution in [3.05, 3.63) is 75.6 Å². The second kappa shape index (κ2) is 8.57. The van der Waals surface area contributed by atoms with Crippen molar-refractivity contribution in [1.82, 2.24) is 4.31 Å². The molecule has 1 saturated heterocycles. The number of hydrogen-bond acceptors (Lipinski definition) is 4. The van der Waals surface area contributed by atoms with Gasteiger partial charge in [0.25, 0.3) is 0 Å². The normalized spacial score (nSPS) is 16.3. The minimum atomic E-state index is -3.46. The fourth-order valence-electron chi connectivity index (χ4n) is 4.39. The van der Waals surface area contributed by atoms with Gasteiger partial charge in [-0.2, -0.15) is 4.31 Å². The first-order chi connectivity index (χ1) is 14.8. The highest BCUT2D eigenvalue weighted by Crippen LogP contribution is 2.26. The third-order valence-electron chi connectivity index (χ3n) is 6.09. The van der Waals surface area contributed by atoms with Crippen LogP contribution in [0, 0.1) is 6.92 Å². The van der Waals surface area contributed by atoms with E-state index in [1.807, 2.05) is 19.1 Å². The summed E-state index contributed by atoms with van der Waals surface area (Å²) < 4.78 is 32.8. The molecule has 7 heteroatoms. The molecular weight excluding hydrogens is 412 g/mol. The molecule has 0 unspecified atom stereocenters. The number of sulfonamides is 1. The zero-order valence-corrected chi connectivity index (χ0v) is 19.0. The number of fused-ring (bicyclic) bond motifs is 1. The minimum absolute atomic E-state index is 0.335. The summed E-state index contributed by atoms with van der Waals surface area (Å²) in [5, 5.41) is 0.973. The maximum atomic E-state index is 12.9. The molecule has 1 aromatic heterocycles. The number of nitrogens with zero attached hydrogens (tertiary/aromatic N) is 1. The summed E-state index contributed by atoms with van der Waals surface area (Å²) in [6.45, 7) is 9.33. The van der Waals surface area contributed by atoms with Gasteiger partial charge in [0, 0.05) is 17.0 Å². The fraction of sp³-hybridized carbons (Fsp3) is 0.375. The van der Waals surface area contributed by atoms with Gasteiger partial charge >= 0.3 is 5.63 Å². The Balaban J connectivity index is 1.55. The highest BCUT2D eigenvalue weighted by Gasteiger charge is 2.30. The average molecular weight is 442 g/mol. The van der Waals surface area contributed by atoms with Crippen LogP contribution in [0.4, 0.5) is 0 Å². The van der Waals surface area contributed by atoms with Gasteiger partial charge < -0.3 is 9.32 Å². The number of benzene rings is 2. The summed E-state index contributed by atoms with van der Waals surface area (Å²) in [4.78, 5) is 13.7. The molecule has 0 saturated carbocycles. The molecule has 164 valence electrons. The highest BCUT2D eigenvalue weighted by atomic mass is 32.2. The molecule has 31 heavy (non-hydrogen) atoms. The topological polar surface area (TPSA) is 72.0 Å². The standard InChI is InChI=1S/C24H28N2O4S/c1-17(2)21-15-22-19(14-24(27)30-23(22)13-18(21)3)16-25-9-11-26(12-10-25)31(28,29)20-7-5-4-6-8-20/h4-8,13-15,17H,9-12,16H2,1-3H3/p+1. The third kappa shape index (κ3) is 4.44. The molecule has 1 fully saturated rings. The van der Waals surface area contributed by atoms with Crippen LogP contribution >= 0.6 is 0 Å². The van der Waals surface area contributed by atoms with Crippen LogP contribution in [0.2, 0.25) is 0 Å². The van der Waals surface area contributed by atoms with Gasteiger partial charge in [-0.25, -0.2) is 13.2 Å². The maximum Gasteiger partial charge on any atom is 0.336 e. The zero-order chi connectivity index (χ0) is 22.2. The van der Waals surface area contributed by atoms with E-state index < -0.39 is 10.0 Å². The summed E-state index contributed by atoms with van der Waals surface area (Å²) in [7, 11) is -3.46. The summed E-state index contributed by atoms with van der Waals surface area (Å²) >= 11 is 0.